The fourth-order valence-electron chi connectivity index (χ4n) is 2.46. The molecule has 2 aromatic rings. The molecule has 4 heteroatoms. The first-order chi connectivity index (χ1) is 11.1. The predicted octanol–water partition coefficient (Wildman–Crippen LogP) is 3.89. The molecule has 1 atom stereocenters. The van der Waals surface area contributed by atoms with Gasteiger partial charge in [-0.05, 0) is 55.7 Å². The summed E-state index contributed by atoms with van der Waals surface area (Å²) >= 11 is 0. The number of carbonyl (C=O) groups is 1. The molecule has 0 aliphatic rings. The van der Waals surface area contributed by atoms with Crippen LogP contribution in [0, 0.1) is 0 Å². The van der Waals surface area contributed by atoms with Gasteiger partial charge in [-0.2, -0.15) is 0 Å². The highest BCUT2D eigenvalue weighted by atomic mass is 16.5. The van der Waals surface area contributed by atoms with E-state index in [0.29, 0.717) is 25.4 Å². The average molecular weight is 314 g/mol. The second-order valence-corrected chi connectivity index (χ2v) is 5.18. The fraction of sp³-hybridized carbons (Fsp3) is 0.316. The molecule has 0 amide bonds. The summed E-state index contributed by atoms with van der Waals surface area (Å²) in [4.78, 5) is 11.7. The Labute approximate surface area is 136 Å². The molecule has 23 heavy (non-hydrogen) atoms. The van der Waals surface area contributed by atoms with Crippen LogP contribution in [0.5, 0.6) is 11.5 Å². The van der Waals surface area contributed by atoms with Crippen molar-refractivity contribution in [3.8, 4) is 11.5 Å². The standard InChI is InChI=1S/C19H22O4/c1-3-22-16-10-8-14(9-11-16)12-18(19(20)21)15-6-5-7-17(13-15)23-4-2/h5-11,13,18H,3-4,12H2,1-2H3,(H,20,21). The van der Waals surface area contributed by atoms with Crippen LogP contribution in [0.2, 0.25) is 0 Å². The highest BCUT2D eigenvalue weighted by molar-refractivity contribution is 5.76. The number of benzene rings is 2. The third-order valence-electron chi connectivity index (χ3n) is 3.54. The minimum Gasteiger partial charge on any atom is -0.494 e. The quantitative estimate of drug-likeness (QED) is 0.803. The summed E-state index contributed by atoms with van der Waals surface area (Å²) < 4.78 is 10.9. The van der Waals surface area contributed by atoms with Gasteiger partial charge in [0.1, 0.15) is 11.5 Å². The first-order valence-corrected chi connectivity index (χ1v) is 7.81. The molecule has 4 nitrogen and oxygen atoms in total. The van der Waals surface area contributed by atoms with Crippen molar-refractivity contribution in [2.24, 2.45) is 0 Å². The van der Waals surface area contributed by atoms with Crippen molar-refractivity contribution >= 4 is 5.97 Å². The molecule has 0 saturated heterocycles. The van der Waals surface area contributed by atoms with E-state index in [1.807, 2.05) is 56.3 Å². The Balaban J connectivity index is 2.18. The van der Waals surface area contributed by atoms with E-state index in [0.717, 1.165) is 16.9 Å². The molecule has 2 aromatic carbocycles. The van der Waals surface area contributed by atoms with Gasteiger partial charge >= 0.3 is 5.97 Å². The van der Waals surface area contributed by atoms with E-state index >= 15 is 0 Å². The lowest BCUT2D eigenvalue weighted by molar-refractivity contribution is -0.138. The molecule has 122 valence electrons. The third kappa shape index (κ3) is 4.74. The molecule has 0 aromatic heterocycles. The molecule has 0 aliphatic heterocycles. The number of ether oxygens (including phenoxy) is 2. The van der Waals surface area contributed by atoms with Crippen LogP contribution in [0.15, 0.2) is 48.5 Å². The van der Waals surface area contributed by atoms with Gasteiger partial charge in [-0.15, -0.1) is 0 Å². The molecule has 0 heterocycles. The number of carboxylic acids is 1. The summed E-state index contributed by atoms with van der Waals surface area (Å²) in [5, 5.41) is 9.58. The van der Waals surface area contributed by atoms with Crippen molar-refractivity contribution in [3.05, 3.63) is 59.7 Å². The number of aliphatic carboxylic acids is 1. The minimum absolute atomic E-state index is 0.428. The van der Waals surface area contributed by atoms with Gasteiger partial charge in [0.2, 0.25) is 0 Å². The van der Waals surface area contributed by atoms with Gasteiger partial charge in [-0.3, -0.25) is 4.79 Å². The minimum atomic E-state index is -0.840. The normalized spacial score (nSPS) is 11.7. The van der Waals surface area contributed by atoms with E-state index in [9.17, 15) is 9.90 Å². The van der Waals surface area contributed by atoms with Crippen LogP contribution >= 0.6 is 0 Å². The van der Waals surface area contributed by atoms with Crippen LogP contribution in [-0.2, 0) is 11.2 Å². The maximum Gasteiger partial charge on any atom is 0.311 e. The van der Waals surface area contributed by atoms with Crippen LogP contribution < -0.4 is 9.47 Å². The number of carboxylic acid groups (broad SMARTS) is 1. The summed E-state index contributed by atoms with van der Waals surface area (Å²) in [5.41, 5.74) is 1.71. The first kappa shape index (κ1) is 16.9. The van der Waals surface area contributed by atoms with Crippen molar-refractivity contribution in [3.63, 3.8) is 0 Å². The Morgan fingerprint density at radius 3 is 2.26 bits per heavy atom. The Bertz CT molecular complexity index is 634. The van der Waals surface area contributed by atoms with Crippen molar-refractivity contribution in [1.29, 1.82) is 0 Å². The molecule has 0 bridgehead atoms. The van der Waals surface area contributed by atoms with Crippen molar-refractivity contribution in [2.45, 2.75) is 26.2 Å². The Morgan fingerprint density at radius 2 is 1.65 bits per heavy atom. The molecule has 0 radical (unpaired) electrons. The predicted molar refractivity (Wildman–Crippen MR) is 89.3 cm³/mol. The second kappa shape index (κ2) is 8.22. The summed E-state index contributed by atoms with van der Waals surface area (Å²) in [6.45, 7) is 5.00. The highest BCUT2D eigenvalue weighted by Gasteiger charge is 2.21. The van der Waals surface area contributed by atoms with Crippen LogP contribution in [0.3, 0.4) is 0 Å². The van der Waals surface area contributed by atoms with Gasteiger partial charge < -0.3 is 14.6 Å². The molecule has 1 unspecified atom stereocenters. The van der Waals surface area contributed by atoms with E-state index < -0.39 is 11.9 Å². The Morgan fingerprint density at radius 1 is 1.00 bits per heavy atom. The van der Waals surface area contributed by atoms with Crippen LogP contribution in [0.25, 0.3) is 0 Å². The van der Waals surface area contributed by atoms with Gasteiger partial charge in [-0.1, -0.05) is 24.3 Å². The van der Waals surface area contributed by atoms with Gasteiger partial charge in [0.05, 0.1) is 19.1 Å². The largest absolute Gasteiger partial charge is 0.494 e. The summed E-state index contributed by atoms with van der Waals surface area (Å²) in [6.07, 6.45) is 0.428. The second-order valence-electron chi connectivity index (χ2n) is 5.18. The van der Waals surface area contributed by atoms with E-state index in [1.165, 1.54) is 0 Å². The lowest BCUT2D eigenvalue weighted by Crippen LogP contribution is -2.14. The molecule has 0 saturated carbocycles. The number of hydrogen-bond donors (Lipinski definition) is 1. The monoisotopic (exact) mass is 314 g/mol. The zero-order chi connectivity index (χ0) is 16.7. The molecular weight excluding hydrogens is 292 g/mol. The first-order valence-electron chi connectivity index (χ1n) is 7.81. The Hall–Kier alpha value is -2.49. The summed E-state index contributed by atoms with van der Waals surface area (Å²) in [5.74, 6) is 0.0466. The van der Waals surface area contributed by atoms with Crippen LogP contribution in [0.4, 0.5) is 0 Å². The van der Waals surface area contributed by atoms with Crippen molar-refractivity contribution < 1.29 is 19.4 Å². The Kier molecular flexibility index (Phi) is 6.03. The van der Waals surface area contributed by atoms with Crippen LogP contribution in [0.1, 0.15) is 30.9 Å². The van der Waals surface area contributed by atoms with E-state index in [2.05, 4.69) is 0 Å². The summed E-state index contributed by atoms with van der Waals surface area (Å²) in [7, 11) is 0. The lowest BCUT2D eigenvalue weighted by atomic mass is 9.92. The molecule has 0 spiro atoms. The number of hydrogen-bond acceptors (Lipinski definition) is 3. The van der Waals surface area contributed by atoms with Crippen molar-refractivity contribution in [2.75, 3.05) is 13.2 Å². The molecule has 2 rings (SSSR count). The molecular formula is C19H22O4. The van der Waals surface area contributed by atoms with E-state index in [-0.39, 0.29) is 0 Å². The fourth-order valence-corrected chi connectivity index (χ4v) is 2.46. The van der Waals surface area contributed by atoms with Gasteiger partial charge in [0.25, 0.3) is 0 Å². The zero-order valence-electron chi connectivity index (χ0n) is 13.5. The lowest BCUT2D eigenvalue weighted by Gasteiger charge is -2.14. The average Bonchev–Trinajstić information content (AvgIpc) is 2.54. The van der Waals surface area contributed by atoms with Gasteiger partial charge in [0.15, 0.2) is 0 Å². The molecule has 0 fully saturated rings. The number of rotatable bonds is 8. The highest BCUT2D eigenvalue weighted by Crippen LogP contribution is 2.26. The van der Waals surface area contributed by atoms with Gasteiger partial charge in [0, 0.05) is 0 Å². The smallest absolute Gasteiger partial charge is 0.311 e. The van der Waals surface area contributed by atoms with E-state index in [1.54, 1.807) is 6.07 Å². The topological polar surface area (TPSA) is 55.8 Å². The van der Waals surface area contributed by atoms with E-state index in [4.69, 9.17) is 9.47 Å². The van der Waals surface area contributed by atoms with Crippen molar-refractivity contribution in [1.82, 2.24) is 0 Å². The van der Waals surface area contributed by atoms with Gasteiger partial charge in [-0.25, -0.2) is 0 Å². The molecule has 1 N–H and O–H groups in total. The maximum absolute atomic E-state index is 11.7. The SMILES string of the molecule is CCOc1ccc(CC(C(=O)O)c2cccc(OCC)c2)cc1. The van der Waals surface area contributed by atoms with Crippen LogP contribution in [-0.4, -0.2) is 24.3 Å². The third-order valence-corrected chi connectivity index (χ3v) is 3.54. The molecule has 0 aliphatic carbocycles. The zero-order valence-corrected chi connectivity index (χ0v) is 13.5. The maximum atomic E-state index is 11.7. The summed E-state index contributed by atoms with van der Waals surface area (Å²) in [6, 6.07) is 14.9.